The summed E-state index contributed by atoms with van der Waals surface area (Å²) in [4.78, 5) is 29.8. The summed E-state index contributed by atoms with van der Waals surface area (Å²) in [6.45, 7) is 6.20. The van der Waals surface area contributed by atoms with Gasteiger partial charge in [-0.2, -0.15) is 0 Å². The molecule has 1 atom stereocenters. The van der Waals surface area contributed by atoms with E-state index in [-0.39, 0.29) is 36.0 Å². The number of hydrogen-bond donors (Lipinski definition) is 1. The number of ether oxygens (including phenoxy) is 1. The van der Waals surface area contributed by atoms with Gasteiger partial charge >= 0.3 is 0 Å². The highest BCUT2D eigenvalue weighted by Gasteiger charge is 2.30. The standard InChI is InChI=1S/C21H29N7O2.HI/c1-16-23-7-8-28(16)19-6-5-17(14-24-19)15-25-21(22-2)27-11-9-26(10-12-27)20(29)18-4-3-13-30-18;/h5-8,14,18H,3-4,9-13,15H2,1-2H3,(H,22,25);1H. The molecule has 10 heteroatoms. The summed E-state index contributed by atoms with van der Waals surface area (Å²) in [5.41, 5.74) is 1.07. The van der Waals surface area contributed by atoms with E-state index in [2.05, 4.69) is 31.2 Å². The van der Waals surface area contributed by atoms with Gasteiger partial charge in [0.05, 0.1) is 0 Å². The highest BCUT2D eigenvalue weighted by Crippen LogP contribution is 2.16. The van der Waals surface area contributed by atoms with Gasteiger partial charge in [-0.25, -0.2) is 9.97 Å². The third-order valence-electron chi connectivity index (χ3n) is 5.64. The fourth-order valence-corrected chi connectivity index (χ4v) is 3.91. The largest absolute Gasteiger partial charge is 0.368 e. The van der Waals surface area contributed by atoms with Crippen LogP contribution in [0.5, 0.6) is 0 Å². The van der Waals surface area contributed by atoms with E-state index in [0.717, 1.165) is 49.1 Å². The van der Waals surface area contributed by atoms with Crippen LogP contribution < -0.4 is 5.32 Å². The van der Waals surface area contributed by atoms with Gasteiger partial charge in [0, 0.05) is 65.0 Å². The lowest BCUT2D eigenvalue weighted by atomic mass is 10.2. The number of pyridine rings is 1. The Morgan fingerprint density at radius 2 is 2.00 bits per heavy atom. The van der Waals surface area contributed by atoms with Crippen LogP contribution in [0.4, 0.5) is 0 Å². The highest BCUT2D eigenvalue weighted by atomic mass is 127. The molecule has 0 radical (unpaired) electrons. The van der Waals surface area contributed by atoms with Gasteiger partial charge in [-0.05, 0) is 31.4 Å². The molecule has 2 aliphatic rings. The molecule has 0 aliphatic carbocycles. The quantitative estimate of drug-likeness (QED) is 0.361. The Bertz CT molecular complexity index is 885. The molecule has 2 aromatic rings. The molecule has 1 unspecified atom stereocenters. The Morgan fingerprint density at radius 3 is 2.58 bits per heavy atom. The van der Waals surface area contributed by atoms with Gasteiger partial charge in [0.15, 0.2) is 5.96 Å². The second-order valence-electron chi connectivity index (χ2n) is 7.58. The number of halogens is 1. The third-order valence-corrected chi connectivity index (χ3v) is 5.64. The molecule has 4 rings (SSSR count). The number of aromatic nitrogens is 3. The molecule has 2 aromatic heterocycles. The van der Waals surface area contributed by atoms with Gasteiger partial charge in [0.25, 0.3) is 5.91 Å². The summed E-state index contributed by atoms with van der Waals surface area (Å²) in [7, 11) is 1.79. The van der Waals surface area contributed by atoms with Crippen molar-refractivity contribution in [2.75, 3.05) is 39.8 Å². The second-order valence-corrected chi connectivity index (χ2v) is 7.58. The van der Waals surface area contributed by atoms with E-state index >= 15 is 0 Å². The SMILES string of the molecule is CN=C(NCc1ccc(-n2ccnc2C)nc1)N1CCN(C(=O)C2CCCO2)CC1.I. The van der Waals surface area contributed by atoms with Crippen molar-refractivity contribution in [2.24, 2.45) is 4.99 Å². The smallest absolute Gasteiger partial charge is 0.251 e. The summed E-state index contributed by atoms with van der Waals surface area (Å²) < 4.78 is 7.49. The number of carbonyl (C=O) groups is 1. The van der Waals surface area contributed by atoms with Gasteiger partial charge < -0.3 is 19.9 Å². The molecule has 0 spiro atoms. The first kappa shape index (κ1) is 23.5. The highest BCUT2D eigenvalue weighted by molar-refractivity contribution is 14.0. The molecular formula is C21H30IN7O2. The van der Waals surface area contributed by atoms with Gasteiger partial charge in [-0.15, -0.1) is 24.0 Å². The fourth-order valence-electron chi connectivity index (χ4n) is 3.91. The number of aliphatic imine (C=N–C) groups is 1. The first-order valence-electron chi connectivity index (χ1n) is 10.5. The first-order chi connectivity index (χ1) is 14.7. The lowest BCUT2D eigenvalue weighted by Crippen LogP contribution is -2.55. The molecule has 0 bridgehead atoms. The van der Waals surface area contributed by atoms with E-state index in [9.17, 15) is 4.79 Å². The predicted octanol–water partition coefficient (Wildman–Crippen LogP) is 1.59. The van der Waals surface area contributed by atoms with E-state index in [1.807, 2.05) is 34.9 Å². The van der Waals surface area contributed by atoms with Gasteiger partial charge in [-0.3, -0.25) is 14.4 Å². The zero-order chi connectivity index (χ0) is 20.9. The number of aryl methyl sites for hydroxylation is 1. The maximum Gasteiger partial charge on any atom is 0.251 e. The van der Waals surface area contributed by atoms with Crippen LogP contribution in [0.3, 0.4) is 0 Å². The third kappa shape index (κ3) is 5.53. The van der Waals surface area contributed by atoms with Crippen molar-refractivity contribution in [1.29, 1.82) is 0 Å². The van der Waals surface area contributed by atoms with Gasteiger partial charge in [-0.1, -0.05) is 6.07 Å². The summed E-state index contributed by atoms with van der Waals surface area (Å²) in [5.74, 6) is 2.74. The Kier molecular flexibility index (Phi) is 8.24. The zero-order valence-corrected chi connectivity index (χ0v) is 20.4. The monoisotopic (exact) mass is 539 g/mol. The molecule has 31 heavy (non-hydrogen) atoms. The normalized spacial score (nSPS) is 19.3. The lowest BCUT2D eigenvalue weighted by molar-refractivity contribution is -0.142. The maximum absolute atomic E-state index is 12.5. The molecule has 1 amide bonds. The average molecular weight is 539 g/mol. The average Bonchev–Trinajstić information content (AvgIpc) is 3.47. The van der Waals surface area contributed by atoms with Crippen LogP contribution in [-0.4, -0.2) is 82.1 Å². The van der Waals surface area contributed by atoms with Crippen LogP contribution in [0.25, 0.3) is 5.82 Å². The summed E-state index contributed by atoms with van der Waals surface area (Å²) in [6.07, 6.45) is 7.12. The van der Waals surface area contributed by atoms with Crippen LogP contribution in [0.2, 0.25) is 0 Å². The van der Waals surface area contributed by atoms with Crippen molar-refractivity contribution in [2.45, 2.75) is 32.4 Å². The molecule has 1 N–H and O–H groups in total. The van der Waals surface area contributed by atoms with E-state index in [0.29, 0.717) is 26.2 Å². The number of imidazole rings is 1. The number of piperazine rings is 1. The molecule has 168 valence electrons. The molecular weight excluding hydrogens is 509 g/mol. The minimum Gasteiger partial charge on any atom is -0.368 e. The van der Waals surface area contributed by atoms with Crippen molar-refractivity contribution in [1.82, 2.24) is 29.7 Å². The lowest BCUT2D eigenvalue weighted by Gasteiger charge is -2.37. The van der Waals surface area contributed by atoms with Crippen LogP contribution in [0.15, 0.2) is 35.7 Å². The van der Waals surface area contributed by atoms with Gasteiger partial charge in [0.1, 0.15) is 17.7 Å². The molecule has 4 heterocycles. The fraction of sp³-hybridized carbons (Fsp3) is 0.524. The number of amides is 1. The molecule has 0 aromatic carbocycles. The van der Waals surface area contributed by atoms with E-state index in [4.69, 9.17) is 4.74 Å². The van der Waals surface area contributed by atoms with Crippen LogP contribution in [0.1, 0.15) is 24.2 Å². The van der Waals surface area contributed by atoms with E-state index in [1.54, 1.807) is 13.2 Å². The second kappa shape index (κ2) is 10.9. The summed E-state index contributed by atoms with van der Waals surface area (Å²) >= 11 is 0. The van der Waals surface area contributed by atoms with Crippen molar-refractivity contribution < 1.29 is 9.53 Å². The van der Waals surface area contributed by atoms with Crippen molar-refractivity contribution in [3.8, 4) is 5.82 Å². The Balaban J connectivity index is 0.00000272. The molecule has 2 fully saturated rings. The first-order valence-corrected chi connectivity index (χ1v) is 10.5. The minimum atomic E-state index is -0.240. The number of carbonyl (C=O) groups excluding carboxylic acids is 1. The summed E-state index contributed by atoms with van der Waals surface area (Å²) in [5, 5.41) is 3.41. The topological polar surface area (TPSA) is 87.9 Å². The van der Waals surface area contributed by atoms with Gasteiger partial charge in [0.2, 0.25) is 0 Å². The predicted molar refractivity (Wildman–Crippen MR) is 129 cm³/mol. The number of hydrogen-bond acceptors (Lipinski definition) is 5. The van der Waals surface area contributed by atoms with Crippen LogP contribution >= 0.6 is 24.0 Å². The number of nitrogens with zero attached hydrogens (tertiary/aromatic N) is 6. The Morgan fingerprint density at radius 1 is 1.23 bits per heavy atom. The Labute approximate surface area is 199 Å². The minimum absolute atomic E-state index is 0. The number of nitrogens with one attached hydrogen (secondary N) is 1. The molecule has 2 saturated heterocycles. The van der Waals surface area contributed by atoms with Crippen molar-refractivity contribution >= 4 is 35.8 Å². The molecule has 2 aliphatic heterocycles. The maximum atomic E-state index is 12.5. The van der Waals surface area contributed by atoms with Crippen molar-refractivity contribution in [3.05, 3.63) is 42.1 Å². The van der Waals surface area contributed by atoms with Crippen LogP contribution in [-0.2, 0) is 16.1 Å². The number of rotatable bonds is 4. The van der Waals surface area contributed by atoms with E-state index < -0.39 is 0 Å². The Hall–Kier alpha value is -2.21. The van der Waals surface area contributed by atoms with E-state index in [1.165, 1.54) is 0 Å². The molecule has 9 nitrogen and oxygen atoms in total. The summed E-state index contributed by atoms with van der Waals surface area (Å²) in [6, 6.07) is 4.05. The molecule has 0 saturated carbocycles. The zero-order valence-electron chi connectivity index (χ0n) is 18.0. The number of guanidine groups is 1. The van der Waals surface area contributed by atoms with Crippen LogP contribution in [0, 0.1) is 6.92 Å². The van der Waals surface area contributed by atoms with Crippen molar-refractivity contribution in [3.63, 3.8) is 0 Å².